The molecule has 29 heavy (non-hydrogen) atoms. The van der Waals surface area contributed by atoms with Gasteiger partial charge < -0.3 is 14.2 Å². The molecule has 0 radical (unpaired) electrons. The minimum atomic E-state index is -0.806. The van der Waals surface area contributed by atoms with E-state index in [-0.39, 0.29) is 5.91 Å². The molecule has 1 aromatic heterocycles. The average molecular weight is 481 g/mol. The predicted octanol–water partition coefficient (Wildman–Crippen LogP) is 5.13. The molecule has 1 heterocycles. The second-order valence-corrected chi connectivity index (χ2v) is 7.64. The highest BCUT2D eigenvalue weighted by molar-refractivity contribution is 9.10. The third-order valence-corrected chi connectivity index (χ3v) is 5.36. The summed E-state index contributed by atoms with van der Waals surface area (Å²) in [7, 11) is 3.15. The van der Waals surface area contributed by atoms with Crippen LogP contribution >= 0.6 is 27.3 Å². The first-order chi connectivity index (χ1) is 13.9. The van der Waals surface area contributed by atoms with Gasteiger partial charge in [-0.05, 0) is 53.2 Å². The normalized spacial score (nSPS) is 11.6. The van der Waals surface area contributed by atoms with Gasteiger partial charge in [-0.25, -0.2) is 9.37 Å². The fraction of sp³-hybridized carbons (Fsp3) is 0.200. The van der Waals surface area contributed by atoms with Gasteiger partial charge in [-0.15, -0.1) is 11.3 Å². The van der Waals surface area contributed by atoms with Gasteiger partial charge in [0.1, 0.15) is 23.1 Å². The molecule has 0 aliphatic rings. The number of methoxy groups -OCH3 is 2. The number of amides is 1. The SMILES string of the molecule is COc1ccc(-c2csc(NC(=O)C(C)Oc3ccc(F)cc3Br)n2)c(OC)c1. The van der Waals surface area contributed by atoms with E-state index in [1.807, 2.05) is 17.5 Å². The monoisotopic (exact) mass is 480 g/mol. The number of hydrogen-bond acceptors (Lipinski definition) is 6. The number of hydrogen-bond donors (Lipinski definition) is 1. The van der Waals surface area contributed by atoms with Gasteiger partial charge in [0.05, 0.1) is 24.4 Å². The topological polar surface area (TPSA) is 69.7 Å². The van der Waals surface area contributed by atoms with Crippen molar-refractivity contribution in [2.75, 3.05) is 19.5 Å². The lowest BCUT2D eigenvalue weighted by molar-refractivity contribution is -0.122. The van der Waals surface area contributed by atoms with Crippen LogP contribution in [0.5, 0.6) is 17.2 Å². The molecular formula is C20H18BrFN2O4S. The van der Waals surface area contributed by atoms with Crippen molar-refractivity contribution in [3.05, 3.63) is 52.1 Å². The summed E-state index contributed by atoms with van der Waals surface area (Å²) in [5, 5.41) is 4.98. The summed E-state index contributed by atoms with van der Waals surface area (Å²) in [5.74, 6) is 0.893. The van der Waals surface area contributed by atoms with Crippen molar-refractivity contribution in [1.29, 1.82) is 0 Å². The molecule has 0 saturated heterocycles. The van der Waals surface area contributed by atoms with Crippen LogP contribution in [0.15, 0.2) is 46.3 Å². The van der Waals surface area contributed by atoms with E-state index in [4.69, 9.17) is 14.2 Å². The van der Waals surface area contributed by atoms with Crippen LogP contribution in [-0.4, -0.2) is 31.2 Å². The van der Waals surface area contributed by atoms with Crippen molar-refractivity contribution < 1.29 is 23.4 Å². The first-order valence-corrected chi connectivity index (χ1v) is 10.2. The van der Waals surface area contributed by atoms with Crippen LogP contribution in [0.25, 0.3) is 11.3 Å². The van der Waals surface area contributed by atoms with Gasteiger partial charge in [0.25, 0.3) is 5.91 Å². The first-order valence-electron chi connectivity index (χ1n) is 8.51. The summed E-state index contributed by atoms with van der Waals surface area (Å²) in [5.41, 5.74) is 1.45. The Morgan fingerprint density at radius 3 is 2.66 bits per heavy atom. The number of anilines is 1. The molecule has 6 nitrogen and oxygen atoms in total. The molecule has 1 unspecified atom stereocenters. The lowest BCUT2D eigenvalue weighted by Crippen LogP contribution is -2.30. The maximum Gasteiger partial charge on any atom is 0.266 e. The van der Waals surface area contributed by atoms with E-state index >= 15 is 0 Å². The molecule has 9 heteroatoms. The van der Waals surface area contributed by atoms with Crippen LogP contribution in [0, 0.1) is 5.82 Å². The van der Waals surface area contributed by atoms with E-state index in [2.05, 4.69) is 26.2 Å². The maximum absolute atomic E-state index is 13.2. The molecule has 0 fully saturated rings. The molecule has 0 aliphatic heterocycles. The molecule has 1 N–H and O–H groups in total. The van der Waals surface area contributed by atoms with E-state index in [1.54, 1.807) is 27.2 Å². The van der Waals surface area contributed by atoms with E-state index in [9.17, 15) is 9.18 Å². The fourth-order valence-electron chi connectivity index (χ4n) is 2.49. The standard InChI is InChI=1S/C20H18BrFN2O4S/c1-11(28-17-7-4-12(22)8-15(17)21)19(25)24-20-23-16(10-29-20)14-6-5-13(26-2)9-18(14)27-3/h4-11H,1-3H3,(H,23,24,25). The number of aromatic nitrogens is 1. The second-order valence-electron chi connectivity index (χ2n) is 5.93. The van der Waals surface area contributed by atoms with Gasteiger partial charge >= 0.3 is 0 Å². The third-order valence-electron chi connectivity index (χ3n) is 3.99. The molecule has 0 aliphatic carbocycles. The summed E-state index contributed by atoms with van der Waals surface area (Å²) < 4.78 is 29.8. The van der Waals surface area contributed by atoms with Crippen LogP contribution in [0.2, 0.25) is 0 Å². The fourth-order valence-corrected chi connectivity index (χ4v) is 3.64. The van der Waals surface area contributed by atoms with Crippen molar-refractivity contribution in [1.82, 2.24) is 4.98 Å². The summed E-state index contributed by atoms with van der Waals surface area (Å²) in [6.45, 7) is 1.60. The zero-order chi connectivity index (χ0) is 21.0. The molecule has 0 bridgehead atoms. The average Bonchev–Trinajstić information content (AvgIpc) is 3.17. The summed E-state index contributed by atoms with van der Waals surface area (Å²) >= 11 is 4.50. The Morgan fingerprint density at radius 1 is 1.17 bits per heavy atom. The molecule has 2 aromatic carbocycles. The quantitative estimate of drug-likeness (QED) is 0.507. The number of thiazole rings is 1. The number of ether oxygens (including phenoxy) is 3. The van der Waals surface area contributed by atoms with Crippen molar-refractivity contribution in [2.24, 2.45) is 0 Å². The first kappa shape index (κ1) is 21.1. The second kappa shape index (κ2) is 9.23. The highest BCUT2D eigenvalue weighted by atomic mass is 79.9. The highest BCUT2D eigenvalue weighted by Crippen LogP contribution is 2.35. The van der Waals surface area contributed by atoms with Gasteiger partial charge in [-0.2, -0.15) is 0 Å². The zero-order valence-corrected chi connectivity index (χ0v) is 18.3. The number of benzene rings is 2. The molecule has 0 spiro atoms. The van der Waals surface area contributed by atoms with E-state index in [1.165, 1.54) is 29.5 Å². The lowest BCUT2D eigenvalue weighted by atomic mass is 10.1. The Morgan fingerprint density at radius 2 is 1.97 bits per heavy atom. The summed E-state index contributed by atoms with van der Waals surface area (Å²) in [6.07, 6.45) is -0.806. The molecule has 1 amide bonds. The molecule has 3 aromatic rings. The number of nitrogens with zero attached hydrogens (tertiary/aromatic N) is 1. The van der Waals surface area contributed by atoms with Gasteiger partial charge in [0.2, 0.25) is 0 Å². The number of rotatable bonds is 7. The Balaban J connectivity index is 1.70. The molecule has 152 valence electrons. The number of carbonyl (C=O) groups is 1. The third kappa shape index (κ3) is 5.04. The van der Waals surface area contributed by atoms with Crippen LogP contribution in [0.1, 0.15) is 6.92 Å². The van der Waals surface area contributed by atoms with Crippen LogP contribution in [0.3, 0.4) is 0 Å². The number of halogens is 2. The highest BCUT2D eigenvalue weighted by Gasteiger charge is 2.19. The summed E-state index contributed by atoms with van der Waals surface area (Å²) in [4.78, 5) is 16.9. The van der Waals surface area contributed by atoms with Crippen LogP contribution < -0.4 is 19.5 Å². The molecular weight excluding hydrogens is 463 g/mol. The van der Waals surface area contributed by atoms with Crippen molar-refractivity contribution in [2.45, 2.75) is 13.0 Å². The summed E-state index contributed by atoms with van der Waals surface area (Å²) in [6, 6.07) is 9.42. The number of nitrogens with one attached hydrogen (secondary N) is 1. The van der Waals surface area contributed by atoms with E-state index < -0.39 is 11.9 Å². The van der Waals surface area contributed by atoms with E-state index in [0.717, 1.165) is 5.56 Å². The van der Waals surface area contributed by atoms with Crippen molar-refractivity contribution in [3.8, 4) is 28.5 Å². The predicted molar refractivity (Wildman–Crippen MR) is 113 cm³/mol. The Labute approximate surface area is 179 Å². The van der Waals surface area contributed by atoms with Gasteiger partial charge in [-0.1, -0.05) is 0 Å². The van der Waals surface area contributed by atoms with Crippen molar-refractivity contribution in [3.63, 3.8) is 0 Å². The zero-order valence-electron chi connectivity index (χ0n) is 15.9. The molecule has 1 atom stereocenters. The minimum Gasteiger partial charge on any atom is -0.497 e. The Hall–Kier alpha value is -2.65. The largest absolute Gasteiger partial charge is 0.497 e. The smallest absolute Gasteiger partial charge is 0.266 e. The van der Waals surface area contributed by atoms with E-state index in [0.29, 0.717) is 32.5 Å². The number of carbonyl (C=O) groups excluding carboxylic acids is 1. The molecule has 0 saturated carbocycles. The molecule has 3 rings (SSSR count). The minimum absolute atomic E-state index is 0.371. The van der Waals surface area contributed by atoms with Crippen molar-refractivity contribution >= 4 is 38.3 Å². The lowest BCUT2D eigenvalue weighted by Gasteiger charge is -2.14. The van der Waals surface area contributed by atoms with Gasteiger partial charge in [0.15, 0.2) is 11.2 Å². The van der Waals surface area contributed by atoms with Crippen LogP contribution in [0.4, 0.5) is 9.52 Å². The van der Waals surface area contributed by atoms with Crippen LogP contribution in [-0.2, 0) is 4.79 Å². The maximum atomic E-state index is 13.2. The Bertz CT molecular complexity index is 1030. The van der Waals surface area contributed by atoms with Gasteiger partial charge in [0, 0.05) is 17.0 Å². The Kier molecular flexibility index (Phi) is 6.71. The van der Waals surface area contributed by atoms with Gasteiger partial charge in [-0.3, -0.25) is 10.1 Å².